The number of anilines is 1. The summed E-state index contributed by atoms with van der Waals surface area (Å²) in [7, 11) is 0. The number of hydrogen-bond acceptors (Lipinski definition) is 4. The minimum absolute atomic E-state index is 0.0620. The Morgan fingerprint density at radius 1 is 1.10 bits per heavy atom. The molecule has 100 valence electrons. The molecule has 0 saturated heterocycles. The molecule has 0 aliphatic carbocycles. The van der Waals surface area contributed by atoms with Crippen LogP contribution in [0.15, 0.2) is 28.7 Å². The Morgan fingerprint density at radius 3 is 2.35 bits per heavy atom. The molecule has 0 fully saturated rings. The second-order valence-corrected chi connectivity index (χ2v) is 4.72. The van der Waals surface area contributed by atoms with Gasteiger partial charge in [-0.25, -0.2) is 0 Å². The predicted octanol–water partition coefficient (Wildman–Crippen LogP) is 3.81. The topological polar surface area (TPSA) is 72.8 Å². The Kier molecular flexibility index (Phi) is 3.77. The Hall–Kier alpha value is -2.72. The van der Waals surface area contributed by atoms with E-state index in [0.29, 0.717) is 11.1 Å². The van der Waals surface area contributed by atoms with Crippen molar-refractivity contribution in [1.82, 2.24) is 0 Å². The molecule has 0 amide bonds. The minimum atomic E-state index is 0.0620. The summed E-state index contributed by atoms with van der Waals surface area (Å²) in [4.78, 5) is 0. The maximum absolute atomic E-state index is 9.03. The molecule has 1 N–H and O–H groups in total. The van der Waals surface area contributed by atoms with Crippen LogP contribution in [0.25, 0.3) is 0 Å². The molecule has 1 aromatic carbocycles. The van der Waals surface area contributed by atoms with Gasteiger partial charge < -0.3 is 9.73 Å². The van der Waals surface area contributed by atoms with Crippen molar-refractivity contribution in [3.8, 4) is 12.1 Å². The summed E-state index contributed by atoms with van der Waals surface area (Å²) >= 11 is 0. The largest absolute Gasteiger partial charge is 0.466 e. The fourth-order valence-electron chi connectivity index (χ4n) is 2.23. The Balaban J connectivity index is 2.25. The van der Waals surface area contributed by atoms with Crippen molar-refractivity contribution in [2.45, 2.75) is 26.8 Å². The molecule has 1 aromatic heterocycles. The normalized spacial score (nSPS) is 11.4. The highest BCUT2D eigenvalue weighted by atomic mass is 16.3. The Labute approximate surface area is 118 Å². The zero-order valence-electron chi connectivity index (χ0n) is 11.7. The quantitative estimate of drug-likeness (QED) is 0.915. The molecule has 2 rings (SSSR count). The average Bonchev–Trinajstić information content (AvgIpc) is 2.77. The van der Waals surface area contributed by atoms with E-state index in [1.165, 1.54) is 0 Å². The third-order valence-electron chi connectivity index (χ3n) is 3.19. The molecule has 0 spiro atoms. The molecular weight excluding hydrogens is 250 g/mol. The van der Waals surface area contributed by atoms with Crippen LogP contribution in [0, 0.1) is 36.5 Å². The molecule has 4 nitrogen and oxygen atoms in total. The summed E-state index contributed by atoms with van der Waals surface area (Å²) in [6, 6.07) is 11.3. The van der Waals surface area contributed by atoms with Gasteiger partial charge in [0.05, 0.1) is 17.2 Å². The highest BCUT2D eigenvalue weighted by Crippen LogP contribution is 2.25. The SMILES string of the molecule is Cc1cc(C(C)Nc2ccc(C#N)c(C#N)c2)c(C)o1. The number of nitrogens with one attached hydrogen (secondary N) is 1. The standard InChI is InChI=1S/C16H15N3O/c1-10-6-16(12(3)20-10)11(2)19-15-5-4-13(8-17)14(7-15)9-18/h4-7,11,19H,1-3H3. The summed E-state index contributed by atoms with van der Waals surface area (Å²) < 4.78 is 5.52. The van der Waals surface area contributed by atoms with Crippen LogP contribution in [0.3, 0.4) is 0 Å². The summed E-state index contributed by atoms with van der Waals surface area (Å²) in [5.41, 5.74) is 2.67. The van der Waals surface area contributed by atoms with Crippen LogP contribution in [0.1, 0.15) is 41.2 Å². The van der Waals surface area contributed by atoms with Crippen LogP contribution in [0.2, 0.25) is 0 Å². The third-order valence-corrected chi connectivity index (χ3v) is 3.19. The van der Waals surface area contributed by atoms with Crippen LogP contribution >= 0.6 is 0 Å². The average molecular weight is 265 g/mol. The number of benzene rings is 1. The molecule has 0 aliphatic heterocycles. The second kappa shape index (κ2) is 5.50. The first-order valence-electron chi connectivity index (χ1n) is 6.33. The maximum Gasteiger partial charge on any atom is 0.106 e. The maximum atomic E-state index is 9.03. The van der Waals surface area contributed by atoms with E-state index in [4.69, 9.17) is 14.9 Å². The number of hydrogen-bond donors (Lipinski definition) is 1. The lowest BCUT2D eigenvalue weighted by atomic mass is 10.1. The van der Waals surface area contributed by atoms with E-state index in [-0.39, 0.29) is 6.04 Å². The Bertz CT molecular complexity index is 716. The highest BCUT2D eigenvalue weighted by Gasteiger charge is 2.13. The first kappa shape index (κ1) is 13.7. The lowest BCUT2D eigenvalue weighted by molar-refractivity contribution is 0.500. The van der Waals surface area contributed by atoms with E-state index in [1.807, 2.05) is 39.0 Å². The monoisotopic (exact) mass is 265 g/mol. The van der Waals surface area contributed by atoms with Crippen molar-refractivity contribution in [2.75, 3.05) is 5.32 Å². The van der Waals surface area contributed by atoms with Crippen LogP contribution in [0.5, 0.6) is 0 Å². The number of nitrogens with zero attached hydrogens (tertiary/aromatic N) is 2. The molecule has 1 atom stereocenters. The van der Waals surface area contributed by atoms with Gasteiger partial charge in [-0.05, 0) is 45.0 Å². The second-order valence-electron chi connectivity index (χ2n) is 4.72. The van der Waals surface area contributed by atoms with Crippen LogP contribution in [-0.4, -0.2) is 0 Å². The van der Waals surface area contributed by atoms with Gasteiger partial charge in [0, 0.05) is 11.3 Å². The molecule has 2 aromatic rings. The zero-order chi connectivity index (χ0) is 14.7. The molecular formula is C16H15N3O. The van der Waals surface area contributed by atoms with E-state index in [9.17, 15) is 0 Å². The van der Waals surface area contributed by atoms with E-state index in [2.05, 4.69) is 5.32 Å². The van der Waals surface area contributed by atoms with Crippen molar-refractivity contribution < 1.29 is 4.42 Å². The van der Waals surface area contributed by atoms with Gasteiger partial charge in [-0.3, -0.25) is 0 Å². The minimum Gasteiger partial charge on any atom is -0.466 e. The predicted molar refractivity (Wildman–Crippen MR) is 76.1 cm³/mol. The zero-order valence-corrected chi connectivity index (χ0v) is 11.7. The van der Waals surface area contributed by atoms with E-state index >= 15 is 0 Å². The van der Waals surface area contributed by atoms with E-state index in [1.54, 1.807) is 18.2 Å². The molecule has 0 aliphatic rings. The molecule has 20 heavy (non-hydrogen) atoms. The van der Waals surface area contributed by atoms with Crippen molar-refractivity contribution in [2.24, 2.45) is 0 Å². The van der Waals surface area contributed by atoms with Crippen molar-refractivity contribution in [1.29, 1.82) is 10.5 Å². The van der Waals surface area contributed by atoms with E-state index in [0.717, 1.165) is 22.8 Å². The summed E-state index contributed by atoms with van der Waals surface area (Å²) in [5.74, 6) is 1.76. The Morgan fingerprint density at radius 2 is 1.80 bits per heavy atom. The number of furan rings is 1. The van der Waals surface area contributed by atoms with Gasteiger partial charge in [0.1, 0.15) is 23.7 Å². The lowest BCUT2D eigenvalue weighted by Crippen LogP contribution is -2.07. The van der Waals surface area contributed by atoms with Gasteiger partial charge in [0.25, 0.3) is 0 Å². The van der Waals surface area contributed by atoms with Gasteiger partial charge in [-0.15, -0.1) is 0 Å². The smallest absolute Gasteiger partial charge is 0.106 e. The van der Waals surface area contributed by atoms with Crippen molar-refractivity contribution in [3.63, 3.8) is 0 Å². The van der Waals surface area contributed by atoms with E-state index < -0.39 is 0 Å². The third kappa shape index (κ3) is 2.65. The molecule has 1 heterocycles. The first-order chi connectivity index (χ1) is 9.55. The lowest BCUT2D eigenvalue weighted by Gasteiger charge is -2.15. The van der Waals surface area contributed by atoms with Crippen molar-refractivity contribution in [3.05, 3.63) is 52.5 Å². The molecule has 0 saturated carbocycles. The molecule has 1 unspecified atom stereocenters. The van der Waals surface area contributed by atoms with Gasteiger partial charge in [-0.2, -0.15) is 10.5 Å². The van der Waals surface area contributed by atoms with Gasteiger partial charge in [0.15, 0.2) is 0 Å². The summed E-state index contributed by atoms with van der Waals surface area (Å²) in [6.07, 6.45) is 0. The number of aryl methyl sites for hydroxylation is 2. The van der Waals surface area contributed by atoms with Crippen LogP contribution in [0.4, 0.5) is 5.69 Å². The summed E-state index contributed by atoms with van der Waals surface area (Å²) in [6.45, 7) is 5.88. The number of nitriles is 2. The van der Waals surface area contributed by atoms with Gasteiger partial charge in [0.2, 0.25) is 0 Å². The van der Waals surface area contributed by atoms with Crippen molar-refractivity contribution >= 4 is 5.69 Å². The summed E-state index contributed by atoms with van der Waals surface area (Å²) in [5, 5.41) is 21.3. The fraction of sp³-hybridized carbons (Fsp3) is 0.250. The van der Waals surface area contributed by atoms with Crippen LogP contribution < -0.4 is 5.32 Å². The van der Waals surface area contributed by atoms with Gasteiger partial charge in [-0.1, -0.05) is 0 Å². The molecule has 0 radical (unpaired) electrons. The fourth-order valence-corrected chi connectivity index (χ4v) is 2.23. The van der Waals surface area contributed by atoms with Gasteiger partial charge >= 0.3 is 0 Å². The first-order valence-corrected chi connectivity index (χ1v) is 6.33. The highest BCUT2D eigenvalue weighted by molar-refractivity contribution is 5.57. The van der Waals surface area contributed by atoms with Crippen LogP contribution in [-0.2, 0) is 0 Å². The number of rotatable bonds is 3. The molecule has 4 heteroatoms. The molecule has 0 bridgehead atoms.